The molecule has 4 heterocycles. The van der Waals surface area contributed by atoms with Crippen molar-refractivity contribution in [3.8, 4) is 5.75 Å². The van der Waals surface area contributed by atoms with Crippen LogP contribution in [0.1, 0.15) is 63.8 Å². The van der Waals surface area contributed by atoms with Gasteiger partial charge in [-0.25, -0.2) is 14.8 Å². The van der Waals surface area contributed by atoms with Crippen molar-refractivity contribution >= 4 is 44.8 Å². The second-order valence-electron chi connectivity index (χ2n) is 12.9. The van der Waals surface area contributed by atoms with Crippen LogP contribution >= 0.6 is 15.9 Å². The Kier molecular flexibility index (Phi) is 8.43. The number of likely N-dealkylation sites (tertiary alicyclic amines) is 2. The maximum Gasteiger partial charge on any atom is 0.422 e. The fourth-order valence-electron chi connectivity index (χ4n) is 6.09. The molecule has 1 spiro atoms. The predicted molar refractivity (Wildman–Crippen MR) is 160 cm³/mol. The maximum absolute atomic E-state index is 13.3. The first-order chi connectivity index (χ1) is 19.7. The summed E-state index contributed by atoms with van der Waals surface area (Å²) in [5.74, 6) is 1.50. The van der Waals surface area contributed by atoms with Crippen molar-refractivity contribution < 1.29 is 27.4 Å². The second kappa shape index (κ2) is 11.5. The van der Waals surface area contributed by atoms with E-state index < -0.39 is 18.4 Å². The number of halogens is 4. The van der Waals surface area contributed by atoms with Crippen LogP contribution < -0.4 is 9.64 Å². The van der Waals surface area contributed by atoms with E-state index >= 15 is 0 Å². The average Bonchev–Trinajstić information content (AvgIpc) is 2.89. The Hall–Kier alpha value is -2.60. The van der Waals surface area contributed by atoms with Crippen molar-refractivity contribution in [3.05, 3.63) is 28.5 Å². The molecule has 3 saturated heterocycles. The Balaban J connectivity index is 1.46. The number of alkyl halides is 3. The van der Waals surface area contributed by atoms with Gasteiger partial charge < -0.3 is 24.2 Å². The number of anilines is 1. The Morgan fingerprint density at radius 2 is 1.79 bits per heavy atom. The second-order valence-corrected chi connectivity index (χ2v) is 13.7. The summed E-state index contributed by atoms with van der Waals surface area (Å²) in [6.45, 7) is 12.6. The van der Waals surface area contributed by atoms with Gasteiger partial charge >= 0.3 is 12.3 Å². The van der Waals surface area contributed by atoms with E-state index in [9.17, 15) is 18.0 Å². The van der Waals surface area contributed by atoms with E-state index in [1.165, 1.54) is 0 Å². The van der Waals surface area contributed by atoms with Gasteiger partial charge in [-0.05, 0) is 94.2 Å². The van der Waals surface area contributed by atoms with E-state index in [2.05, 4.69) is 39.4 Å². The highest BCUT2D eigenvalue weighted by molar-refractivity contribution is 9.10. The zero-order valence-electron chi connectivity index (χ0n) is 24.7. The number of rotatable bonds is 5. The number of benzene rings is 1. The number of carbonyl (C=O) groups is 1. The number of amides is 1. The van der Waals surface area contributed by atoms with Crippen LogP contribution in [0, 0.1) is 5.41 Å². The molecule has 3 fully saturated rings. The summed E-state index contributed by atoms with van der Waals surface area (Å²) in [6, 6.07) is 1.87. The highest BCUT2D eigenvalue weighted by atomic mass is 79.9. The van der Waals surface area contributed by atoms with Crippen LogP contribution in [0.3, 0.4) is 0 Å². The van der Waals surface area contributed by atoms with Crippen LogP contribution in [0.2, 0.25) is 0 Å². The lowest BCUT2D eigenvalue weighted by atomic mass is 9.72. The van der Waals surface area contributed by atoms with Gasteiger partial charge in [0.15, 0.2) is 12.4 Å². The summed E-state index contributed by atoms with van der Waals surface area (Å²) < 4.78 is 51.1. The third-order valence-electron chi connectivity index (χ3n) is 8.42. The number of nitrogens with zero attached hydrogens (tertiary/aromatic N) is 5. The molecule has 12 heteroatoms. The maximum atomic E-state index is 13.3. The van der Waals surface area contributed by atoms with E-state index in [1.807, 2.05) is 26.8 Å². The lowest BCUT2D eigenvalue weighted by molar-refractivity contribution is -0.153. The fraction of sp³-hybridized carbons (Fsp3) is 0.633. The third-order valence-corrected chi connectivity index (χ3v) is 9.24. The summed E-state index contributed by atoms with van der Waals surface area (Å²) in [7, 11) is 2.08. The number of ether oxygens (including phenoxy) is 2. The van der Waals surface area contributed by atoms with E-state index in [1.54, 1.807) is 11.0 Å². The monoisotopic (exact) mass is 653 g/mol. The lowest BCUT2D eigenvalue weighted by Gasteiger charge is -2.53. The highest BCUT2D eigenvalue weighted by Crippen LogP contribution is 2.45. The number of carbonyl (C=O) groups excluding carboxylic acids is 1. The molecule has 0 unspecified atom stereocenters. The lowest BCUT2D eigenvalue weighted by Crippen LogP contribution is -2.62. The molecular weight excluding hydrogens is 615 g/mol. The van der Waals surface area contributed by atoms with Crippen LogP contribution in [0.5, 0.6) is 5.75 Å². The Bertz CT molecular complexity index is 1340. The molecule has 1 amide bonds. The molecule has 3 aliphatic heterocycles. The molecule has 0 atom stereocenters. The Labute approximate surface area is 253 Å². The van der Waals surface area contributed by atoms with Gasteiger partial charge in [0.25, 0.3) is 0 Å². The molecule has 230 valence electrons. The molecule has 1 aromatic heterocycles. The van der Waals surface area contributed by atoms with Crippen molar-refractivity contribution in [1.29, 1.82) is 0 Å². The molecule has 1 aromatic carbocycles. The van der Waals surface area contributed by atoms with Gasteiger partial charge in [0, 0.05) is 42.9 Å². The van der Waals surface area contributed by atoms with E-state index in [4.69, 9.17) is 19.4 Å². The van der Waals surface area contributed by atoms with Crippen molar-refractivity contribution in [2.24, 2.45) is 5.41 Å². The number of hydrogen-bond donors (Lipinski definition) is 0. The largest absolute Gasteiger partial charge is 0.481 e. The highest BCUT2D eigenvalue weighted by Gasteiger charge is 2.48. The van der Waals surface area contributed by atoms with Gasteiger partial charge in [0.2, 0.25) is 0 Å². The molecule has 0 N–H and O–H groups in total. The molecule has 3 aliphatic rings. The van der Waals surface area contributed by atoms with Gasteiger partial charge in [-0.15, -0.1) is 0 Å². The zero-order chi connectivity index (χ0) is 30.4. The minimum atomic E-state index is -4.50. The topological polar surface area (TPSA) is 71.0 Å². The van der Waals surface area contributed by atoms with Gasteiger partial charge in [0.05, 0.1) is 4.47 Å². The smallest absolute Gasteiger partial charge is 0.422 e. The molecule has 0 aliphatic carbocycles. The fourth-order valence-corrected chi connectivity index (χ4v) is 6.67. The summed E-state index contributed by atoms with van der Waals surface area (Å²) >= 11 is 3.46. The number of piperidine rings is 2. The number of fused-ring (bicyclic) bond motifs is 1. The van der Waals surface area contributed by atoms with Crippen LogP contribution in [0.25, 0.3) is 17.0 Å². The average molecular weight is 655 g/mol. The molecule has 42 heavy (non-hydrogen) atoms. The van der Waals surface area contributed by atoms with E-state index in [-0.39, 0.29) is 23.2 Å². The molecule has 8 nitrogen and oxygen atoms in total. The molecule has 5 rings (SSSR count). The minimum absolute atomic E-state index is 0.0311. The van der Waals surface area contributed by atoms with Crippen molar-refractivity contribution in [2.75, 3.05) is 57.8 Å². The quantitative estimate of drug-likeness (QED) is 0.359. The molecule has 0 saturated carbocycles. The van der Waals surface area contributed by atoms with E-state index in [0.29, 0.717) is 58.8 Å². The summed E-state index contributed by atoms with van der Waals surface area (Å²) in [5, 5.41) is 0.641. The molecule has 0 radical (unpaired) electrons. The van der Waals surface area contributed by atoms with Gasteiger partial charge in [0.1, 0.15) is 22.8 Å². The predicted octanol–water partition coefficient (Wildman–Crippen LogP) is 6.62. The Morgan fingerprint density at radius 1 is 1.14 bits per heavy atom. The van der Waals surface area contributed by atoms with Crippen molar-refractivity contribution in [2.45, 2.75) is 64.1 Å². The Morgan fingerprint density at radius 3 is 2.36 bits per heavy atom. The zero-order valence-corrected chi connectivity index (χ0v) is 26.3. The first-order valence-corrected chi connectivity index (χ1v) is 15.2. The first-order valence-electron chi connectivity index (χ1n) is 14.4. The summed E-state index contributed by atoms with van der Waals surface area (Å²) in [5.41, 5.74) is 0.473. The normalized spacial score (nSPS) is 20.1. The standard InChI is InChI=1S/C30H39BrF3N5O3/c1-6-19-15-21-23(24(22(19)31)41-18-30(32,33)34)35-25(20-7-11-37(5)12-8-20)36-26(21)38-13-9-29(10-14-38)16-39(17-29)27(40)42-28(2,3)4/h6,15,20H,1,7-14,16-18H2,2-5H3. The minimum Gasteiger partial charge on any atom is -0.481 e. The van der Waals surface area contributed by atoms with Gasteiger partial charge in [-0.2, -0.15) is 13.2 Å². The number of aromatic nitrogens is 2. The van der Waals surface area contributed by atoms with Crippen LogP contribution in [0.15, 0.2) is 17.1 Å². The number of hydrogen-bond acceptors (Lipinski definition) is 7. The summed E-state index contributed by atoms with van der Waals surface area (Å²) in [4.78, 5) is 28.7. The third kappa shape index (κ3) is 6.64. The van der Waals surface area contributed by atoms with Crippen LogP contribution in [0.4, 0.5) is 23.8 Å². The van der Waals surface area contributed by atoms with Crippen molar-refractivity contribution in [3.63, 3.8) is 0 Å². The van der Waals surface area contributed by atoms with E-state index in [0.717, 1.165) is 38.8 Å². The van der Waals surface area contributed by atoms with Crippen LogP contribution in [-0.2, 0) is 4.74 Å². The van der Waals surface area contributed by atoms with Gasteiger partial charge in [-0.3, -0.25) is 0 Å². The molecule has 2 aromatic rings. The van der Waals surface area contributed by atoms with Crippen molar-refractivity contribution in [1.82, 2.24) is 19.8 Å². The van der Waals surface area contributed by atoms with Crippen LogP contribution in [-0.4, -0.2) is 90.6 Å². The summed E-state index contributed by atoms with van der Waals surface area (Å²) in [6.07, 6.45) is 0.274. The SMILES string of the molecule is C=Cc1cc2c(N3CCC4(CC3)CN(C(=O)OC(C)(C)C)C4)nc(C3CCN(C)CC3)nc2c(OCC(F)(F)F)c1Br. The molecular formula is C30H39BrF3N5O3. The van der Waals surface area contributed by atoms with Gasteiger partial charge in [-0.1, -0.05) is 12.7 Å². The first kappa shape index (κ1) is 30.8. The molecule has 0 bridgehead atoms.